The number of anilines is 1. The van der Waals surface area contributed by atoms with E-state index in [1.165, 1.54) is 0 Å². The molecule has 1 amide bonds. The lowest BCUT2D eigenvalue weighted by Crippen LogP contribution is -2.49. The van der Waals surface area contributed by atoms with Crippen molar-refractivity contribution in [3.63, 3.8) is 0 Å². The fourth-order valence-corrected chi connectivity index (χ4v) is 3.14. The van der Waals surface area contributed by atoms with E-state index in [1.807, 2.05) is 54.5 Å². The summed E-state index contributed by atoms with van der Waals surface area (Å²) in [5.41, 5.74) is 7.64. The van der Waals surface area contributed by atoms with E-state index in [1.54, 1.807) is 0 Å². The van der Waals surface area contributed by atoms with E-state index >= 15 is 0 Å². The lowest BCUT2D eigenvalue weighted by Gasteiger charge is -2.35. The highest BCUT2D eigenvalue weighted by molar-refractivity contribution is 5.81. The van der Waals surface area contributed by atoms with Gasteiger partial charge in [0.1, 0.15) is 6.04 Å². The highest BCUT2D eigenvalue weighted by Crippen LogP contribution is 2.21. The van der Waals surface area contributed by atoms with Crippen molar-refractivity contribution in [1.29, 1.82) is 0 Å². The summed E-state index contributed by atoms with van der Waals surface area (Å²) >= 11 is 0. The fraction of sp³-hybridized carbons (Fsp3) is 0.412. The molecule has 1 aliphatic rings. The molecular formula is C17H23N5O. The number of primary amides is 1. The van der Waals surface area contributed by atoms with E-state index in [4.69, 9.17) is 5.73 Å². The van der Waals surface area contributed by atoms with E-state index in [0.29, 0.717) is 0 Å². The molecular weight excluding hydrogens is 290 g/mol. The molecule has 6 heteroatoms. The summed E-state index contributed by atoms with van der Waals surface area (Å²) in [6.45, 7) is 1.86. The van der Waals surface area contributed by atoms with Crippen molar-refractivity contribution in [3.05, 3.63) is 48.3 Å². The Morgan fingerprint density at radius 1 is 1.39 bits per heavy atom. The third kappa shape index (κ3) is 3.71. The van der Waals surface area contributed by atoms with Gasteiger partial charge in [-0.1, -0.05) is 30.3 Å². The van der Waals surface area contributed by atoms with Crippen LogP contribution in [0, 0.1) is 0 Å². The number of aryl methyl sites for hydroxylation is 1. The third-order valence-electron chi connectivity index (χ3n) is 4.30. The van der Waals surface area contributed by atoms with Crippen LogP contribution in [0.3, 0.4) is 0 Å². The molecule has 0 bridgehead atoms. The number of aromatic nitrogens is 2. The number of amides is 1. The van der Waals surface area contributed by atoms with Crippen molar-refractivity contribution < 1.29 is 4.79 Å². The van der Waals surface area contributed by atoms with Crippen LogP contribution in [-0.2, 0) is 11.8 Å². The lowest BCUT2D eigenvalue weighted by atomic mass is 10.0. The van der Waals surface area contributed by atoms with Crippen LogP contribution < -0.4 is 16.0 Å². The molecule has 1 saturated heterocycles. The van der Waals surface area contributed by atoms with Gasteiger partial charge in [0.2, 0.25) is 5.91 Å². The lowest BCUT2D eigenvalue weighted by molar-refractivity contribution is -0.120. The van der Waals surface area contributed by atoms with Gasteiger partial charge in [-0.2, -0.15) is 5.10 Å². The molecule has 1 aromatic carbocycles. The van der Waals surface area contributed by atoms with Gasteiger partial charge < -0.3 is 10.6 Å². The van der Waals surface area contributed by atoms with Crippen LogP contribution in [0.4, 0.5) is 5.69 Å². The number of nitrogens with two attached hydrogens (primary N) is 1. The maximum absolute atomic E-state index is 11.9. The Balaban J connectivity index is 1.69. The second kappa shape index (κ2) is 6.83. The van der Waals surface area contributed by atoms with E-state index in [9.17, 15) is 4.79 Å². The molecule has 0 aliphatic carbocycles. The Labute approximate surface area is 136 Å². The minimum absolute atomic E-state index is 0.224. The normalized spacial score (nSPS) is 19.5. The van der Waals surface area contributed by atoms with Crippen LogP contribution in [0.2, 0.25) is 0 Å². The molecule has 3 rings (SSSR count). The van der Waals surface area contributed by atoms with Gasteiger partial charge in [-0.05, 0) is 18.4 Å². The predicted molar refractivity (Wildman–Crippen MR) is 90.0 cm³/mol. The average molecular weight is 313 g/mol. The van der Waals surface area contributed by atoms with Crippen LogP contribution in [0.1, 0.15) is 24.4 Å². The second-order valence-electron chi connectivity index (χ2n) is 6.07. The number of nitrogens with zero attached hydrogens (tertiary/aromatic N) is 3. The van der Waals surface area contributed by atoms with E-state index < -0.39 is 6.04 Å². The minimum Gasteiger partial charge on any atom is -0.368 e. The van der Waals surface area contributed by atoms with Crippen LogP contribution in [0.15, 0.2) is 42.7 Å². The van der Waals surface area contributed by atoms with Crippen molar-refractivity contribution in [3.8, 4) is 0 Å². The Kier molecular flexibility index (Phi) is 4.62. The Hall–Kier alpha value is -2.34. The zero-order valence-electron chi connectivity index (χ0n) is 13.4. The SMILES string of the molecule is Cn1cc(N2CCC[C@@H](N[C@H](C(N)=O)c3ccccc3)C2)cn1. The van der Waals surface area contributed by atoms with E-state index in [-0.39, 0.29) is 11.9 Å². The number of hydrogen-bond acceptors (Lipinski definition) is 4. The zero-order valence-corrected chi connectivity index (χ0v) is 13.4. The van der Waals surface area contributed by atoms with Crippen LogP contribution in [0.5, 0.6) is 0 Å². The number of carbonyl (C=O) groups excluding carboxylic acids is 1. The first kappa shape index (κ1) is 15.6. The summed E-state index contributed by atoms with van der Waals surface area (Å²) in [6.07, 6.45) is 6.01. The molecule has 2 heterocycles. The van der Waals surface area contributed by atoms with Gasteiger partial charge in [0.05, 0.1) is 11.9 Å². The Morgan fingerprint density at radius 3 is 2.83 bits per heavy atom. The van der Waals surface area contributed by atoms with Crippen molar-refractivity contribution in [2.24, 2.45) is 12.8 Å². The summed E-state index contributed by atoms with van der Waals surface area (Å²) in [5, 5.41) is 7.67. The number of carbonyl (C=O) groups is 1. The number of hydrogen-bond donors (Lipinski definition) is 2. The molecule has 23 heavy (non-hydrogen) atoms. The number of benzene rings is 1. The topological polar surface area (TPSA) is 76.2 Å². The minimum atomic E-state index is -0.449. The predicted octanol–water partition coefficient (Wildman–Crippen LogP) is 1.21. The Bertz CT molecular complexity index is 654. The van der Waals surface area contributed by atoms with Crippen molar-refractivity contribution in [2.45, 2.75) is 24.9 Å². The summed E-state index contributed by atoms with van der Waals surface area (Å²) in [4.78, 5) is 14.2. The summed E-state index contributed by atoms with van der Waals surface area (Å²) < 4.78 is 1.81. The van der Waals surface area contributed by atoms with Gasteiger partial charge in [-0.3, -0.25) is 14.8 Å². The number of rotatable bonds is 5. The van der Waals surface area contributed by atoms with Gasteiger partial charge in [-0.25, -0.2) is 0 Å². The molecule has 0 spiro atoms. The molecule has 3 N–H and O–H groups in total. The van der Waals surface area contributed by atoms with Gasteiger partial charge in [0.15, 0.2) is 0 Å². The van der Waals surface area contributed by atoms with Gasteiger partial charge >= 0.3 is 0 Å². The first-order valence-electron chi connectivity index (χ1n) is 7.97. The highest BCUT2D eigenvalue weighted by Gasteiger charge is 2.26. The molecule has 0 saturated carbocycles. The average Bonchev–Trinajstić information content (AvgIpc) is 3.00. The third-order valence-corrected chi connectivity index (χ3v) is 4.30. The molecule has 2 atom stereocenters. The second-order valence-corrected chi connectivity index (χ2v) is 6.07. The number of nitrogens with one attached hydrogen (secondary N) is 1. The van der Waals surface area contributed by atoms with Gasteiger partial charge in [0.25, 0.3) is 0 Å². The highest BCUT2D eigenvalue weighted by atomic mass is 16.1. The van der Waals surface area contributed by atoms with Crippen LogP contribution >= 0.6 is 0 Å². The largest absolute Gasteiger partial charge is 0.368 e. The summed E-state index contributed by atoms with van der Waals surface area (Å²) in [5.74, 6) is -0.338. The quantitative estimate of drug-likeness (QED) is 0.870. The first-order valence-corrected chi connectivity index (χ1v) is 7.97. The van der Waals surface area contributed by atoms with Crippen molar-refractivity contribution >= 4 is 11.6 Å². The fourth-order valence-electron chi connectivity index (χ4n) is 3.14. The molecule has 1 aliphatic heterocycles. The summed E-state index contributed by atoms with van der Waals surface area (Å²) in [7, 11) is 1.92. The van der Waals surface area contributed by atoms with Gasteiger partial charge in [-0.15, -0.1) is 0 Å². The van der Waals surface area contributed by atoms with Crippen molar-refractivity contribution in [1.82, 2.24) is 15.1 Å². The smallest absolute Gasteiger partial charge is 0.239 e. The molecule has 2 aromatic rings. The molecule has 1 fully saturated rings. The Morgan fingerprint density at radius 2 is 2.17 bits per heavy atom. The first-order chi connectivity index (χ1) is 11.1. The van der Waals surface area contributed by atoms with E-state index in [0.717, 1.165) is 37.2 Å². The standard InChI is InChI=1S/C17H23N5O/c1-21-12-15(10-19-21)22-9-5-8-14(11-22)20-16(17(18)23)13-6-3-2-4-7-13/h2-4,6-7,10,12,14,16,20H,5,8-9,11H2,1H3,(H2,18,23)/t14-,16+/m1/s1. The summed E-state index contributed by atoms with van der Waals surface area (Å²) in [6, 6.07) is 9.43. The molecule has 0 radical (unpaired) electrons. The molecule has 1 aromatic heterocycles. The maximum atomic E-state index is 11.9. The number of piperidine rings is 1. The van der Waals surface area contributed by atoms with Crippen LogP contribution in [-0.4, -0.2) is 34.8 Å². The van der Waals surface area contributed by atoms with Crippen molar-refractivity contribution in [2.75, 3.05) is 18.0 Å². The van der Waals surface area contributed by atoms with E-state index in [2.05, 4.69) is 15.3 Å². The molecule has 122 valence electrons. The zero-order chi connectivity index (χ0) is 16.2. The maximum Gasteiger partial charge on any atom is 0.239 e. The molecule has 0 unspecified atom stereocenters. The monoisotopic (exact) mass is 313 g/mol. The van der Waals surface area contributed by atoms with Gasteiger partial charge in [0, 0.05) is 32.4 Å². The molecule has 6 nitrogen and oxygen atoms in total. The van der Waals surface area contributed by atoms with Crippen LogP contribution in [0.25, 0.3) is 0 Å².